The van der Waals surface area contributed by atoms with Crippen molar-refractivity contribution in [2.75, 3.05) is 39.3 Å². The first-order chi connectivity index (χ1) is 9.11. The molecular formula is C14H20N2O3. The van der Waals surface area contributed by atoms with Crippen LogP contribution in [-0.4, -0.2) is 65.3 Å². The van der Waals surface area contributed by atoms with Gasteiger partial charge in [-0.1, -0.05) is 6.07 Å². The quantitative estimate of drug-likeness (QED) is 0.832. The summed E-state index contributed by atoms with van der Waals surface area (Å²) in [5.41, 5.74) is 1.29. The number of piperazine rings is 1. The molecular weight excluding hydrogens is 244 g/mol. The molecule has 1 aliphatic heterocycles. The minimum absolute atomic E-state index is 0.0442. The van der Waals surface area contributed by atoms with Gasteiger partial charge in [0.15, 0.2) is 0 Å². The maximum atomic E-state index is 12.3. The second kappa shape index (κ2) is 6.04. The molecule has 0 bridgehead atoms. The van der Waals surface area contributed by atoms with Gasteiger partial charge in [0.05, 0.1) is 12.2 Å². The zero-order valence-corrected chi connectivity index (χ0v) is 11.2. The summed E-state index contributed by atoms with van der Waals surface area (Å²) in [6.45, 7) is 5.46. The first kappa shape index (κ1) is 13.8. The number of aromatic hydroxyl groups is 1. The summed E-state index contributed by atoms with van der Waals surface area (Å²) in [6.07, 6.45) is 0. The van der Waals surface area contributed by atoms with E-state index in [0.29, 0.717) is 25.2 Å². The standard InChI is InChI=1S/C14H20N2O3/c1-11-2-3-12(13(18)10-11)14(19)16-6-4-15(5-7-16)8-9-17/h2-3,10,17-18H,4-9H2,1H3. The zero-order valence-electron chi connectivity index (χ0n) is 11.2. The van der Waals surface area contributed by atoms with Gasteiger partial charge in [0.25, 0.3) is 5.91 Å². The van der Waals surface area contributed by atoms with E-state index in [4.69, 9.17) is 5.11 Å². The van der Waals surface area contributed by atoms with Crippen LogP contribution in [0.4, 0.5) is 0 Å². The maximum Gasteiger partial charge on any atom is 0.257 e. The van der Waals surface area contributed by atoms with Crippen molar-refractivity contribution in [1.82, 2.24) is 9.80 Å². The molecule has 1 aliphatic rings. The Bertz CT molecular complexity index is 454. The van der Waals surface area contributed by atoms with Crippen LogP contribution in [0, 0.1) is 6.92 Å². The smallest absolute Gasteiger partial charge is 0.257 e. The van der Waals surface area contributed by atoms with Crippen LogP contribution in [0.5, 0.6) is 5.75 Å². The van der Waals surface area contributed by atoms with Crippen molar-refractivity contribution in [2.45, 2.75) is 6.92 Å². The largest absolute Gasteiger partial charge is 0.507 e. The van der Waals surface area contributed by atoms with Crippen LogP contribution < -0.4 is 0 Å². The fraction of sp³-hybridized carbons (Fsp3) is 0.500. The van der Waals surface area contributed by atoms with Gasteiger partial charge in [0.1, 0.15) is 5.75 Å². The fourth-order valence-corrected chi connectivity index (χ4v) is 2.31. The molecule has 0 unspecified atom stereocenters. The SMILES string of the molecule is Cc1ccc(C(=O)N2CCN(CCO)CC2)c(O)c1. The maximum absolute atomic E-state index is 12.3. The molecule has 2 rings (SSSR count). The Kier molecular flexibility index (Phi) is 4.39. The summed E-state index contributed by atoms with van der Waals surface area (Å²) in [5, 5.41) is 18.7. The van der Waals surface area contributed by atoms with E-state index in [1.165, 1.54) is 0 Å². The van der Waals surface area contributed by atoms with Gasteiger partial charge in [-0.25, -0.2) is 0 Å². The third-order valence-corrected chi connectivity index (χ3v) is 3.46. The Morgan fingerprint density at radius 3 is 2.53 bits per heavy atom. The number of nitrogens with zero attached hydrogens (tertiary/aromatic N) is 2. The normalized spacial score (nSPS) is 16.6. The molecule has 5 heteroatoms. The molecule has 0 atom stereocenters. The molecule has 19 heavy (non-hydrogen) atoms. The van der Waals surface area contributed by atoms with Crippen molar-refractivity contribution in [3.05, 3.63) is 29.3 Å². The highest BCUT2D eigenvalue weighted by atomic mass is 16.3. The molecule has 0 saturated carbocycles. The van der Waals surface area contributed by atoms with Crippen LogP contribution in [0.3, 0.4) is 0 Å². The summed E-state index contributed by atoms with van der Waals surface area (Å²) >= 11 is 0. The van der Waals surface area contributed by atoms with Gasteiger partial charge in [-0.05, 0) is 24.6 Å². The minimum atomic E-state index is -0.124. The Hall–Kier alpha value is -1.59. The molecule has 1 aromatic rings. The topological polar surface area (TPSA) is 64.0 Å². The van der Waals surface area contributed by atoms with E-state index in [1.807, 2.05) is 13.0 Å². The van der Waals surface area contributed by atoms with Gasteiger partial charge in [-0.3, -0.25) is 9.69 Å². The van der Waals surface area contributed by atoms with Crippen molar-refractivity contribution >= 4 is 5.91 Å². The first-order valence-electron chi connectivity index (χ1n) is 6.54. The van der Waals surface area contributed by atoms with Crippen molar-refractivity contribution < 1.29 is 15.0 Å². The van der Waals surface area contributed by atoms with Crippen LogP contribution >= 0.6 is 0 Å². The van der Waals surface area contributed by atoms with Crippen LogP contribution in [0.15, 0.2) is 18.2 Å². The molecule has 1 heterocycles. The fourth-order valence-electron chi connectivity index (χ4n) is 2.31. The number of rotatable bonds is 3. The Balaban J connectivity index is 2.01. The summed E-state index contributed by atoms with van der Waals surface area (Å²) in [7, 11) is 0. The zero-order chi connectivity index (χ0) is 13.8. The second-order valence-electron chi connectivity index (χ2n) is 4.88. The summed E-state index contributed by atoms with van der Waals surface area (Å²) < 4.78 is 0. The highest BCUT2D eigenvalue weighted by molar-refractivity contribution is 5.97. The number of carbonyl (C=O) groups is 1. The molecule has 5 nitrogen and oxygen atoms in total. The van der Waals surface area contributed by atoms with E-state index in [1.54, 1.807) is 17.0 Å². The number of phenols is 1. The Labute approximate surface area is 113 Å². The number of phenolic OH excluding ortho intramolecular Hbond substituents is 1. The average Bonchev–Trinajstić information content (AvgIpc) is 2.39. The number of aryl methyl sites for hydroxylation is 1. The molecule has 0 radical (unpaired) electrons. The molecule has 0 aliphatic carbocycles. The van der Waals surface area contributed by atoms with E-state index in [9.17, 15) is 9.90 Å². The lowest BCUT2D eigenvalue weighted by molar-refractivity contribution is 0.0612. The van der Waals surface area contributed by atoms with Gasteiger partial charge in [0.2, 0.25) is 0 Å². The van der Waals surface area contributed by atoms with Crippen molar-refractivity contribution in [2.24, 2.45) is 0 Å². The molecule has 1 saturated heterocycles. The number of hydrogen-bond donors (Lipinski definition) is 2. The van der Waals surface area contributed by atoms with E-state index in [-0.39, 0.29) is 18.3 Å². The third kappa shape index (κ3) is 3.24. The number of aliphatic hydroxyl groups is 1. The molecule has 0 aromatic heterocycles. The van der Waals surface area contributed by atoms with Gasteiger partial charge in [0, 0.05) is 32.7 Å². The average molecular weight is 264 g/mol. The number of carbonyl (C=O) groups excluding carboxylic acids is 1. The number of β-amino-alcohol motifs (C(OH)–C–C–N with tert-alkyl or cyclic N) is 1. The first-order valence-corrected chi connectivity index (χ1v) is 6.54. The minimum Gasteiger partial charge on any atom is -0.507 e. The highest BCUT2D eigenvalue weighted by Gasteiger charge is 2.23. The molecule has 2 N–H and O–H groups in total. The predicted molar refractivity (Wildman–Crippen MR) is 72.3 cm³/mol. The lowest BCUT2D eigenvalue weighted by atomic mass is 10.1. The molecule has 1 fully saturated rings. The molecule has 0 spiro atoms. The lowest BCUT2D eigenvalue weighted by Gasteiger charge is -2.34. The summed E-state index contributed by atoms with van der Waals surface area (Å²) in [5.74, 6) is -0.0797. The Morgan fingerprint density at radius 2 is 1.95 bits per heavy atom. The van der Waals surface area contributed by atoms with E-state index >= 15 is 0 Å². The van der Waals surface area contributed by atoms with Crippen molar-refractivity contribution in [1.29, 1.82) is 0 Å². The molecule has 1 aromatic carbocycles. The van der Waals surface area contributed by atoms with E-state index in [0.717, 1.165) is 18.7 Å². The van der Waals surface area contributed by atoms with Gasteiger partial charge < -0.3 is 15.1 Å². The van der Waals surface area contributed by atoms with Crippen LogP contribution in [0.2, 0.25) is 0 Å². The number of benzene rings is 1. The number of aliphatic hydroxyl groups excluding tert-OH is 1. The predicted octanol–water partition coefficient (Wildman–Crippen LogP) is 0.451. The number of amides is 1. The van der Waals surface area contributed by atoms with Crippen LogP contribution in [0.25, 0.3) is 0 Å². The monoisotopic (exact) mass is 264 g/mol. The van der Waals surface area contributed by atoms with Gasteiger partial charge in [-0.2, -0.15) is 0 Å². The van der Waals surface area contributed by atoms with Gasteiger partial charge >= 0.3 is 0 Å². The van der Waals surface area contributed by atoms with Crippen LogP contribution in [-0.2, 0) is 0 Å². The van der Waals surface area contributed by atoms with Crippen LogP contribution in [0.1, 0.15) is 15.9 Å². The van der Waals surface area contributed by atoms with E-state index < -0.39 is 0 Å². The summed E-state index contributed by atoms with van der Waals surface area (Å²) in [6, 6.07) is 5.11. The lowest BCUT2D eigenvalue weighted by Crippen LogP contribution is -2.49. The Morgan fingerprint density at radius 1 is 1.26 bits per heavy atom. The van der Waals surface area contributed by atoms with Crippen molar-refractivity contribution in [3.63, 3.8) is 0 Å². The van der Waals surface area contributed by atoms with Gasteiger partial charge in [-0.15, -0.1) is 0 Å². The third-order valence-electron chi connectivity index (χ3n) is 3.46. The summed E-state index contributed by atoms with van der Waals surface area (Å²) in [4.78, 5) is 16.2. The highest BCUT2D eigenvalue weighted by Crippen LogP contribution is 2.20. The number of hydrogen-bond acceptors (Lipinski definition) is 4. The van der Waals surface area contributed by atoms with Crippen molar-refractivity contribution in [3.8, 4) is 5.75 Å². The van der Waals surface area contributed by atoms with E-state index in [2.05, 4.69) is 4.90 Å². The second-order valence-corrected chi connectivity index (χ2v) is 4.88. The molecule has 104 valence electrons. The molecule has 1 amide bonds.